The van der Waals surface area contributed by atoms with Crippen LogP contribution in [0.5, 0.6) is 0 Å². The molecule has 1 heterocycles. The maximum atomic E-state index is 5.56. The molecule has 2 rings (SSSR count). The number of rotatable bonds is 5. The minimum atomic E-state index is 0.264. The van der Waals surface area contributed by atoms with Crippen molar-refractivity contribution in [1.82, 2.24) is 0 Å². The minimum Gasteiger partial charge on any atom is -0.376 e. The molecule has 0 spiro atoms. The van der Waals surface area contributed by atoms with Gasteiger partial charge in [0.1, 0.15) is 6.61 Å². The average molecular weight is 228 g/mol. The van der Waals surface area contributed by atoms with Crippen LogP contribution in [-0.2, 0) is 14.5 Å². The van der Waals surface area contributed by atoms with E-state index in [4.69, 9.17) is 14.5 Å². The molecular weight excluding hydrogens is 204 g/mol. The van der Waals surface area contributed by atoms with Gasteiger partial charge in [0.2, 0.25) is 0 Å². The van der Waals surface area contributed by atoms with Crippen LogP contribution in [0, 0.1) is 5.92 Å². The molecule has 0 bridgehead atoms. The van der Waals surface area contributed by atoms with Crippen LogP contribution in [-0.4, -0.2) is 25.9 Å². The van der Waals surface area contributed by atoms with Crippen molar-refractivity contribution in [2.24, 2.45) is 5.92 Å². The molecule has 1 atom stereocenters. The zero-order valence-corrected chi connectivity index (χ0v) is 10.2. The molecule has 2 fully saturated rings. The predicted molar refractivity (Wildman–Crippen MR) is 62.1 cm³/mol. The summed E-state index contributed by atoms with van der Waals surface area (Å²) in [7, 11) is 0. The molecule has 0 aromatic rings. The van der Waals surface area contributed by atoms with E-state index in [1.165, 1.54) is 44.9 Å². The summed E-state index contributed by atoms with van der Waals surface area (Å²) >= 11 is 0. The summed E-state index contributed by atoms with van der Waals surface area (Å²) in [5.74, 6) is 0.723. The maximum Gasteiger partial charge on any atom is 0.108 e. The van der Waals surface area contributed by atoms with Gasteiger partial charge in [-0.3, -0.25) is 0 Å². The topological polar surface area (TPSA) is 27.7 Å². The number of hydrogen-bond donors (Lipinski definition) is 0. The molecule has 16 heavy (non-hydrogen) atoms. The highest BCUT2D eigenvalue weighted by Crippen LogP contribution is 2.23. The van der Waals surface area contributed by atoms with E-state index >= 15 is 0 Å². The van der Waals surface area contributed by atoms with Crippen molar-refractivity contribution in [1.29, 1.82) is 0 Å². The van der Waals surface area contributed by atoms with Crippen molar-refractivity contribution >= 4 is 0 Å². The van der Waals surface area contributed by atoms with E-state index in [0.717, 1.165) is 25.6 Å². The van der Waals surface area contributed by atoms with E-state index in [2.05, 4.69) is 0 Å². The molecule has 0 aromatic heterocycles. The second-order valence-electron chi connectivity index (χ2n) is 5.06. The fourth-order valence-corrected chi connectivity index (χ4v) is 2.56. The molecule has 1 aliphatic heterocycles. The Morgan fingerprint density at radius 2 is 1.56 bits per heavy atom. The van der Waals surface area contributed by atoms with Crippen molar-refractivity contribution in [2.75, 3.05) is 19.8 Å². The zero-order chi connectivity index (χ0) is 11.1. The first-order chi connectivity index (χ1) is 7.95. The lowest BCUT2D eigenvalue weighted by molar-refractivity contribution is -0.315. The molecule has 1 saturated carbocycles. The monoisotopic (exact) mass is 228 g/mol. The van der Waals surface area contributed by atoms with Gasteiger partial charge in [-0.2, -0.15) is 0 Å². The summed E-state index contributed by atoms with van der Waals surface area (Å²) in [6.45, 7) is 2.26. The summed E-state index contributed by atoms with van der Waals surface area (Å²) in [4.78, 5) is 10.5. The van der Waals surface area contributed by atoms with Crippen LogP contribution in [0.25, 0.3) is 0 Å². The van der Waals surface area contributed by atoms with Gasteiger partial charge >= 0.3 is 0 Å². The largest absolute Gasteiger partial charge is 0.376 e. The van der Waals surface area contributed by atoms with E-state index in [1.807, 2.05) is 0 Å². The van der Waals surface area contributed by atoms with Gasteiger partial charge in [-0.25, -0.2) is 9.78 Å². The van der Waals surface area contributed by atoms with E-state index in [-0.39, 0.29) is 6.10 Å². The average Bonchev–Trinajstić information content (AvgIpc) is 2.37. The fraction of sp³-hybridized carbons (Fsp3) is 1.00. The number of hydrogen-bond acceptors (Lipinski definition) is 3. The van der Waals surface area contributed by atoms with Gasteiger partial charge < -0.3 is 4.74 Å². The summed E-state index contributed by atoms with van der Waals surface area (Å²) in [5.41, 5.74) is 0. The highest BCUT2D eigenvalue weighted by Gasteiger charge is 2.16. The van der Waals surface area contributed by atoms with Gasteiger partial charge in [0, 0.05) is 6.61 Å². The molecule has 3 heteroatoms. The zero-order valence-electron chi connectivity index (χ0n) is 10.2. The van der Waals surface area contributed by atoms with Gasteiger partial charge in [-0.1, -0.05) is 19.3 Å². The normalized spacial score (nSPS) is 28.1. The van der Waals surface area contributed by atoms with E-state index in [9.17, 15) is 0 Å². The van der Waals surface area contributed by atoms with Crippen LogP contribution in [0.3, 0.4) is 0 Å². The SMILES string of the molecule is C1CCC(COOCC2CCCCO2)CC1. The Hall–Kier alpha value is -0.120. The fourth-order valence-electron chi connectivity index (χ4n) is 2.56. The third kappa shape index (κ3) is 4.40. The van der Waals surface area contributed by atoms with Crippen LogP contribution in [0.4, 0.5) is 0 Å². The molecule has 3 nitrogen and oxygen atoms in total. The summed E-state index contributed by atoms with van der Waals surface area (Å²) < 4.78 is 5.56. The molecule has 94 valence electrons. The Kier molecular flexibility index (Phi) is 5.59. The molecule has 1 saturated heterocycles. The lowest BCUT2D eigenvalue weighted by Gasteiger charge is -2.23. The molecular formula is C13H24O3. The lowest BCUT2D eigenvalue weighted by Crippen LogP contribution is -2.25. The Morgan fingerprint density at radius 1 is 0.812 bits per heavy atom. The highest BCUT2D eigenvalue weighted by molar-refractivity contribution is 4.64. The third-order valence-corrected chi connectivity index (χ3v) is 3.64. The third-order valence-electron chi connectivity index (χ3n) is 3.64. The van der Waals surface area contributed by atoms with Gasteiger partial charge in [-0.15, -0.1) is 0 Å². The lowest BCUT2D eigenvalue weighted by atomic mass is 9.90. The van der Waals surface area contributed by atoms with E-state index < -0.39 is 0 Å². The predicted octanol–water partition coefficient (Wildman–Crippen LogP) is 3.08. The summed E-state index contributed by atoms with van der Waals surface area (Å²) in [6, 6.07) is 0. The molecule has 1 unspecified atom stereocenters. The molecule has 0 radical (unpaired) electrons. The summed E-state index contributed by atoms with van der Waals surface area (Å²) in [6.07, 6.45) is 10.6. The van der Waals surface area contributed by atoms with Crippen LogP contribution < -0.4 is 0 Å². The van der Waals surface area contributed by atoms with E-state index in [0.29, 0.717) is 6.61 Å². The molecule has 1 aliphatic carbocycles. The molecule has 0 aromatic carbocycles. The first kappa shape index (κ1) is 12.3. The molecule has 0 N–H and O–H groups in total. The standard InChI is InChI=1S/C13H24O3/c1-2-6-12(7-3-1)10-15-16-11-13-8-4-5-9-14-13/h12-13H,1-11H2. The van der Waals surface area contributed by atoms with Crippen molar-refractivity contribution in [3.05, 3.63) is 0 Å². The van der Waals surface area contributed by atoms with Crippen LogP contribution in [0.15, 0.2) is 0 Å². The van der Waals surface area contributed by atoms with Crippen molar-refractivity contribution in [2.45, 2.75) is 57.5 Å². The first-order valence-corrected chi connectivity index (χ1v) is 6.81. The van der Waals surface area contributed by atoms with E-state index in [1.54, 1.807) is 0 Å². The Balaban J connectivity index is 1.47. The highest BCUT2D eigenvalue weighted by atomic mass is 17.2. The van der Waals surface area contributed by atoms with Gasteiger partial charge in [0.05, 0.1) is 12.7 Å². The van der Waals surface area contributed by atoms with Gasteiger partial charge in [-0.05, 0) is 38.0 Å². The second kappa shape index (κ2) is 7.25. The number of ether oxygens (including phenoxy) is 1. The van der Waals surface area contributed by atoms with Crippen LogP contribution in [0.1, 0.15) is 51.4 Å². The molecule has 2 aliphatic rings. The van der Waals surface area contributed by atoms with Crippen LogP contribution in [0.2, 0.25) is 0 Å². The quantitative estimate of drug-likeness (QED) is 0.411. The summed E-state index contributed by atoms with van der Waals surface area (Å²) in [5, 5.41) is 0. The first-order valence-electron chi connectivity index (χ1n) is 6.81. The van der Waals surface area contributed by atoms with Gasteiger partial charge in [0.15, 0.2) is 0 Å². The van der Waals surface area contributed by atoms with Gasteiger partial charge in [0.25, 0.3) is 0 Å². The Labute approximate surface area is 98.4 Å². The Morgan fingerprint density at radius 3 is 2.31 bits per heavy atom. The van der Waals surface area contributed by atoms with Crippen molar-refractivity contribution in [3.63, 3.8) is 0 Å². The molecule has 0 amide bonds. The van der Waals surface area contributed by atoms with Crippen molar-refractivity contribution < 1.29 is 14.5 Å². The van der Waals surface area contributed by atoms with Crippen LogP contribution >= 0.6 is 0 Å². The van der Waals surface area contributed by atoms with Crippen molar-refractivity contribution in [3.8, 4) is 0 Å². The maximum absolute atomic E-state index is 5.56. The Bertz CT molecular complexity index is 152. The second-order valence-corrected chi connectivity index (χ2v) is 5.06. The smallest absolute Gasteiger partial charge is 0.108 e. The minimum absolute atomic E-state index is 0.264.